The van der Waals surface area contributed by atoms with Crippen LogP contribution in [0.3, 0.4) is 0 Å². The predicted molar refractivity (Wildman–Crippen MR) is 141 cm³/mol. The molecule has 0 saturated heterocycles. The molecule has 0 radical (unpaired) electrons. The summed E-state index contributed by atoms with van der Waals surface area (Å²) < 4.78 is 19.2. The number of nitrogens with zero attached hydrogens (tertiary/aromatic N) is 3. The number of oxazole rings is 1. The molecular formula is C26H21ClFN7O2. The van der Waals surface area contributed by atoms with Crippen molar-refractivity contribution in [3.8, 4) is 0 Å². The average molecular weight is 518 g/mol. The van der Waals surface area contributed by atoms with E-state index in [0.717, 1.165) is 0 Å². The molecule has 9 nitrogen and oxygen atoms in total. The number of carbonyl (C=O) groups excluding carboxylic acids is 1. The van der Waals surface area contributed by atoms with Crippen molar-refractivity contribution < 1.29 is 13.6 Å². The van der Waals surface area contributed by atoms with Crippen LogP contribution in [0.25, 0.3) is 16.8 Å². The Morgan fingerprint density at radius 3 is 2.81 bits per heavy atom. The minimum atomic E-state index is -0.771. The van der Waals surface area contributed by atoms with Crippen LogP contribution in [-0.4, -0.2) is 21.8 Å². The van der Waals surface area contributed by atoms with Crippen molar-refractivity contribution in [2.24, 2.45) is 10.7 Å². The summed E-state index contributed by atoms with van der Waals surface area (Å²) in [6.45, 7) is 5.46. The lowest BCUT2D eigenvalue weighted by molar-refractivity contribution is -0.113. The fraction of sp³-hybridized carbons (Fsp3) is 0.0769. The number of nitrogens with one attached hydrogen (secondary N) is 3. The molecule has 0 fully saturated rings. The van der Waals surface area contributed by atoms with Crippen LogP contribution >= 0.6 is 11.6 Å². The second-order valence-electron chi connectivity index (χ2n) is 8.23. The van der Waals surface area contributed by atoms with Crippen molar-refractivity contribution in [1.29, 1.82) is 0 Å². The molecule has 2 aromatic heterocycles. The molecule has 1 atom stereocenters. The number of benzene rings is 2. The first-order valence-corrected chi connectivity index (χ1v) is 11.5. The van der Waals surface area contributed by atoms with Crippen LogP contribution in [-0.2, 0) is 4.79 Å². The Morgan fingerprint density at radius 1 is 1.22 bits per heavy atom. The van der Waals surface area contributed by atoms with E-state index in [1.165, 1.54) is 24.4 Å². The summed E-state index contributed by atoms with van der Waals surface area (Å²) in [5.74, 6) is -0.292. The SMILES string of the molecule is C=C(N)c1ccnc(NC(=O)C2=C(C)NC(Nc3nc4ccc(F)cc4o3)=NC2c2ccccc2Cl)c1. The molecule has 3 heterocycles. The van der Waals surface area contributed by atoms with E-state index < -0.39 is 17.8 Å². The number of hydrogen-bond acceptors (Lipinski definition) is 8. The third-order valence-electron chi connectivity index (χ3n) is 5.63. The van der Waals surface area contributed by atoms with Crippen LogP contribution in [0, 0.1) is 5.82 Å². The summed E-state index contributed by atoms with van der Waals surface area (Å²) in [4.78, 5) is 26.7. The van der Waals surface area contributed by atoms with Crippen molar-refractivity contribution in [3.63, 3.8) is 0 Å². The minimum Gasteiger partial charge on any atom is -0.423 e. The molecule has 0 saturated carbocycles. The number of carbonyl (C=O) groups is 1. The van der Waals surface area contributed by atoms with Gasteiger partial charge in [0, 0.05) is 39.8 Å². The number of rotatable bonds is 5. The number of hydrogen-bond donors (Lipinski definition) is 4. The Bertz CT molecular complexity index is 1610. The van der Waals surface area contributed by atoms with Crippen LogP contribution in [0.4, 0.5) is 16.2 Å². The van der Waals surface area contributed by atoms with Crippen LogP contribution in [0.5, 0.6) is 0 Å². The van der Waals surface area contributed by atoms with Crippen molar-refractivity contribution in [3.05, 3.63) is 101 Å². The van der Waals surface area contributed by atoms with E-state index in [4.69, 9.17) is 26.7 Å². The fourth-order valence-corrected chi connectivity index (χ4v) is 4.13. The number of allylic oxidation sites excluding steroid dienone is 1. The molecular weight excluding hydrogens is 497 g/mol. The van der Waals surface area contributed by atoms with Crippen LogP contribution in [0.1, 0.15) is 24.1 Å². The number of aliphatic imine (C=N–C) groups is 1. The summed E-state index contributed by atoms with van der Waals surface area (Å²) in [6, 6.07) is 13.8. The third-order valence-corrected chi connectivity index (χ3v) is 5.98. The Kier molecular flexibility index (Phi) is 6.33. The summed E-state index contributed by atoms with van der Waals surface area (Å²) in [5, 5.41) is 9.27. The van der Waals surface area contributed by atoms with Crippen molar-refractivity contribution in [2.75, 3.05) is 10.6 Å². The topological polar surface area (TPSA) is 130 Å². The van der Waals surface area contributed by atoms with E-state index >= 15 is 0 Å². The first kappa shape index (κ1) is 24.0. The number of pyridine rings is 1. The second-order valence-corrected chi connectivity index (χ2v) is 8.64. The van der Waals surface area contributed by atoms with Gasteiger partial charge in [0.15, 0.2) is 5.58 Å². The molecule has 37 heavy (non-hydrogen) atoms. The maximum absolute atomic E-state index is 13.6. The maximum atomic E-state index is 13.6. The molecule has 11 heteroatoms. The van der Waals surface area contributed by atoms with Gasteiger partial charge < -0.3 is 20.8 Å². The van der Waals surface area contributed by atoms with Gasteiger partial charge in [0.05, 0.1) is 5.57 Å². The van der Waals surface area contributed by atoms with Gasteiger partial charge in [0.25, 0.3) is 5.91 Å². The number of fused-ring (bicyclic) bond motifs is 1. The largest absolute Gasteiger partial charge is 0.423 e. The summed E-state index contributed by atoms with van der Waals surface area (Å²) >= 11 is 6.50. The number of nitrogens with two attached hydrogens (primary N) is 1. The highest BCUT2D eigenvalue weighted by atomic mass is 35.5. The van der Waals surface area contributed by atoms with Crippen molar-refractivity contribution in [2.45, 2.75) is 13.0 Å². The Labute approximate surface area is 216 Å². The quantitative estimate of drug-likeness (QED) is 0.294. The van der Waals surface area contributed by atoms with Gasteiger partial charge in [-0.1, -0.05) is 36.4 Å². The molecule has 2 aromatic carbocycles. The molecule has 0 bridgehead atoms. The smallest absolute Gasteiger partial charge is 0.302 e. The molecule has 186 valence electrons. The molecule has 0 aliphatic carbocycles. The lowest BCUT2D eigenvalue weighted by Gasteiger charge is -2.27. The lowest BCUT2D eigenvalue weighted by Crippen LogP contribution is -2.37. The highest BCUT2D eigenvalue weighted by Crippen LogP contribution is 2.35. The Balaban J connectivity index is 1.48. The zero-order valence-electron chi connectivity index (χ0n) is 19.5. The number of halogens is 2. The Morgan fingerprint density at radius 2 is 2.03 bits per heavy atom. The van der Waals surface area contributed by atoms with Gasteiger partial charge in [-0.3, -0.25) is 10.1 Å². The van der Waals surface area contributed by atoms with Gasteiger partial charge in [-0.15, -0.1) is 0 Å². The van der Waals surface area contributed by atoms with Crippen molar-refractivity contribution >= 4 is 52.1 Å². The average Bonchev–Trinajstić information content (AvgIpc) is 3.25. The van der Waals surface area contributed by atoms with Gasteiger partial charge in [-0.25, -0.2) is 14.4 Å². The van der Waals surface area contributed by atoms with Gasteiger partial charge >= 0.3 is 6.01 Å². The van der Waals surface area contributed by atoms with Gasteiger partial charge in [-0.2, -0.15) is 4.98 Å². The van der Waals surface area contributed by atoms with E-state index in [1.807, 2.05) is 6.07 Å². The molecule has 4 aromatic rings. The second kappa shape index (κ2) is 9.75. The predicted octanol–water partition coefficient (Wildman–Crippen LogP) is 4.97. The van der Waals surface area contributed by atoms with Gasteiger partial charge in [0.2, 0.25) is 5.96 Å². The number of aromatic nitrogens is 2. The van der Waals surface area contributed by atoms with Crippen LogP contribution in [0.15, 0.2) is 88.1 Å². The van der Waals surface area contributed by atoms with Gasteiger partial charge in [0.1, 0.15) is 23.2 Å². The number of anilines is 2. The molecule has 1 aliphatic rings. The minimum absolute atomic E-state index is 0.105. The van der Waals surface area contributed by atoms with Crippen LogP contribution < -0.4 is 21.7 Å². The summed E-state index contributed by atoms with van der Waals surface area (Å²) in [6.07, 6.45) is 1.53. The van der Waals surface area contributed by atoms with E-state index in [1.54, 1.807) is 37.3 Å². The standard InChI is InChI=1S/C26H21ClFN7O2/c1-13(29)15-9-10-30-21(11-15)33-24(36)22-14(2)31-25(34-23(22)17-5-3-4-6-18(17)27)35-26-32-19-8-7-16(28)12-20(19)37-26/h3-12,23H,1,29H2,2H3,(H,30,33,36)(H2,31,32,34,35). The zero-order chi connectivity index (χ0) is 26.1. The van der Waals surface area contributed by atoms with Gasteiger partial charge in [-0.05, 0) is 37.3 Å². The van der Waals surface area contributed by atoms with E-state index in [2.05, 4.69) is 32.5 Å². The zero-order valence-corrected chi connectivity index (χ0v) is 20.3. The molecule has 0 spiro atoms. The summed E-state index contributed by atoms with van der Waals surface area (Å²) in [7, 11) is 0. The number of guanidine groups is 1. The van der Waals surface area contributed by atoms with Crippen molar-refractivity contribution in [1.82, 2.24) is 15.3 Å². The normalized spacial score (nSPS) is 15.2. The lowest BCUT2D eigenvalue weighted by atomic mass is 9.95. The van der Waals surface area contributed by atoms with E-state index in [0.29, 0.717) is 44.5 Å². The maximum Gasteiger partial charge on any atom is 0.302 e. The first-order valence-electron chi connectivity index (χ1n) is 11.1. The first-order chi connectivity index (χ1) is 17.8. The highest BCUT2D eigenvalue weighted by Gasteiger charge is 2.31. The van der Waals surface area contributed by atoms with E-state index in [-0.39, 0.29) is 17.6 Å². The molecule has 5 N–H and O–H groups in total. The molecule has 5 rings (SSSR count). The monoisotopic (exact) mass is 517 g/mol. The highest BCUT2D eigenvalue weighted by molar-refractivity contribution is 6.31. The summed E-state index contributed by atoms with van der Waals surface area (Å²) in [5.41, 5.74) is 8.99. The third kappa shape index (κ3) is 5.00. The Hall–Kier alpha value is -4.70. The number of amides is 1. The molecule has 1 unspecified atom stereocenters. The molecule has 1 amide bonds. The molecule has 1 aliphatic heterocycles. The fourth-order valence-electron chi connectivity index (χ4n) is 3.89. The van der Waals surface area contributed by atoms with E-state index in [9.17, 15) is 9.18 Å². The van der Waals surface area contributed by atoms with Crippen LogP contribution in [0.2, 0.25) is 5.02 Å².